The van der Waals surface area contributed by atoms with Gasteiger partial charge in [-0.3, -0.25) is 19.3 Å². The number of carbonyl (C=O) groups is 4. The summed E-state index contributed by atoms with van der Waals surface area (Å²) in [7, 11) is 1.21. The maximum absolute atomic E-state index is 12.0. The fourth-order valence-corrected chi connectivity index (χ4v) is 4.39. The third-order valence-corrected chi connectivity index (χ3v) is 5.93. The number of thiophene rings is 1. The number of hydrogen-bond donors (Lipinski definition) is 1. The van der Waals surface area contributed by atoms with Crippen molar-refractivity contribution in [3.05, 3.63) is 33.7 Å². The van der Waals surface area contributed by atoms with Gasteiger partial charge in [0.2, 0.25) is 6.41 Å². The Labute approximate surface area is 164 Å². The first-order chi connectivity index (χ1) is 12.9. The lowest BCUT2D eigenvalue weighted by Gasteiger charge is -2.49. The highest BCUT2D eigenvalue weighted by molar-refractivity contribution is 8.00. The van der Waals surface area contributed by atoms with Crippen molar-refractivity contribution in [1.82, 2.24) is 10.2 Å². The highest BCUT2D eigenvalue weighted by Gasteiger charge is 2.53. The van der Waals surface area contributed by atoms with Crippen molar-refractivity contribution in [1.29, 1.82) is 0 Å². The molecular formula is C17H20N2O6S2. The summed E-state index contributed by atoms with van der Waals surface area (Å²) in [6, 6.07) is 3.51. The topological polar surface area (TPSA) is 102 Å². The van der Waals surface area contributed by atoms with Gasteiger partial charge in [0.05, 0.1) is 7.11 Å². The molecule has 2 aliphatic heterocycles. The first-order valence-corrected chi connectivity index (χ1v) is 9.91. The number of nitrogens with zero attached hydrogens (tertiary/aromatic N) is 1. The fraction of sp³-hybridized carbons (Fsp3) is 0.412. The summed E-state index contributed by atoms with van der Waals surface area (Å²) in [6.45, 7) is 3.29. The van der Waals surface area contributed by atoms with Crippen LogP contribution in [0.5, 0.6) is 0 Å². The van der Waals surface area contributed by atoms with Crippen LogP contribution >= 0.6 is 23.1 Å². The molecule has 0 radical (unpaired) electrons. The molecule has 2 atom stereocenters. The number of rotatable bonds is 5. The average molecular weight is 412 g/mol. The lowest BCUT2D eigenvalue weighted by Crippen LogP contribution is -2.69. The summed E-state index contributed by atoms with van der Waals surface area (Å²) in [5, 5.41) is 4.15. The number of methoxy groups -OCH3 is 1. The molecular weight excluding hydrogens is 392 g/mol. The van der Waals surface area contributed by atoms with Crippen LogP contribution in [0.25, 0.3) is 0 Å². The molecule has 1 fully saturated rings. The smallest absolute Gasteiger partial charge is 0.354 e. The summed E-state index contributed by atoms with van der Waals surface area (Å²) < 4.78 is 9.59. The van der Waals surface area contributed by atoms with Crippen LogP contribution in [0.3, 0.4) is 0 Å². The molecule has 2 aliphatic rings. The number of amides is 2. The van der Waals surface area contributed by atoms with E-state index in [1.165, 1.54) is 35.6 Å². The SMILES string of the molecule is COC(=O)C1=C(COC(C)=O)CSC2C(NC=O)C(=O)N12.Cc1cccs1. The van der Waals surface area contributed by atoms with Crippen molar-refractivity contribution >= 4 is 47.4 Å². The lowest BCUT2D eigenvalue weighted by atomic mass is 10.0. The van der Waals surface area contributed by atoms with Gasteiger partial charge in [-0.1, -0.05) is 6.07 Å². The Morgan fingerprint density at radius 1 is 1.44 bits per heavy atom. The zero-order chi connectivity index (χ0) is 20.0. The molecule has 8 nitrogen and oxygen atoms in total. The summed E-state index contributed by atoms with van der Waals surface area (Å²) in [4.78, 5) is 48.0. The van der Waals surface area contributed by atoms with Crippen molar-refractivity contribution in [2.45, 2.75) is 25.3 Å². The lowest BCUT2D eigenvalue weighted by molar-refractivity contribution is -0.151. The Morgan fingerprint density at radius 2 is 2.19 bits per heavy atom. The molecule has 1 aromatic heterocycles. The summed E-state index contributed by atoms with van der Waals surface area (Å²) in [5.74, 6) is -1.13. The Balaban J connectivity index is 0.000000369. The highest BCUT2D eigenvalue weighted by Crippen LogP contribution is 2.40. The van der Waals surface area contributed by atoms with E-state index in [1.54, 1.807) is 11.3 Å². The van der Waals surface area contributed by atoms with Crippen molar-refractivity contribution in [2.75, 3.05) is 19.5 Å². The van der Waals surface area contributed by atoms with Gasteiger partial charge in [-0.25, -0.2) is 4.79 Å². The number of carbonyl (C=O) groups excluding carboxylic acids is 4. The molecule has 2 amide bonds. The third kappa shape index (κ3) is 4.89. The summed E-state index contributed by atoms with van der Waals surface area (Å²) >= 11 is 3.16. The maximum Gasteiger partial charge on any atom is 0.354 e. The molecule has 0 bridgehead atoms. The predicted molar refractivity (Wildman–Crippen MR) is 101 cm³/mol. The van der Waals surface area contributed by atoms with Gasteiger partial charge in [0.15, 0.2) is 0 Å². The Morgan fingerprint density at radius 3 is 2.67 bits per heavy atom. The van der Waals surface area contributed by atoms with E-state index in [-0.39, 0.29) is 23.6 Å². The molecule has 3 rings (SSSR count). The van der Waals surface area contributed by atoms with Crippen LogP contribution in [0.4, 0.5) is 0 Å². The van der Waals surface area contributed by atoms with Gasteiger partial charge in [0.25, 0.3) is 5.91 Å². The van der Waals surface area contributed by atoms with Crippen LogP contribution < -0.4 is 5.32 Å². The molecule has 0 aromatic carbocycles. The quantitative estimate of drug-likeness (QED) is 0.438. The van der Waals surface area contributed by atoms with Crippen LogP contribution in [0.15, 0.2) is 28.8 Å². The van der Waals surface area contributed by atoms with E-state index in [4.69, 9.17) is 9.47 Å². The molecule has 0 spiro atoms. The van der Waals surface area contributed by atoms with Crippen molar-refractivity contribution in [2.24, 2.45) is 0 Å². The van der Waals surface area contributed by atoms with Crippen LogP contribution in [0, 0.1) is 6.92 Å². The van der Waals surface area contributed by atoms with E-state index in [2.05, 4.69) is 29.8 Å². The molecule has 1 aromatic rings. The number of fused-ring (bicyclic) bond motifs is 1. The van der Waals surface area contributed by atoms with Gasteiger partial charge in [0, 0.05) is 23.1 Å². The Hall–Kier alpha value is -2.33. The van der Waals surface area contributed by atoms with E-state index in [9.17, 15) is 19.2 Å². The van der Waals surface area contributed by atoms with Crippen LogP contribution in [-0.2, 0) is 28.7 Å². The summed E-state index contributed by atoms with van der Waals surface area (Å²) in [6.07, 6.45) is 0.455. The number of ether oxygens (including phenoxy) is 2. The second kappa shape index (κ2) is 9.56. The summed E-state index contributed by atoms with van der Waals surface area (Å²) in [5.41, 5.74) is 0.604. The van der Waals surface area contributed by atoms with E-state index < -0.39 is 18.0 Å². The van der Waals surface area contributed by atoms with Gasteiger partial charge in [-0.2, -0.15) is 0 Å². The monoisotopic (exact) mass is 412 g/mol. The number of nitrogens with one attached hydrogen (secondary N) is 1. The molecule has 0 saturated carbocycles. The molecule has 146 valence electrons. The second-order valence-corrected chi connectivity index (χ2v) is 7.88. The molecule has 1 saturated heterocycles. The highest BCUT2D eigenvalue weighted by atomic mass is 32.2. The van der Waals surface area contributed by atoms with Gasteiger partial charge < -0.3 is 14.8 Å². The first-order valence-electron chi connectivity index (χ1n) is 7.98. The van der Waals surface area contributed by atoms with Crippen molar-refractivity contribution in [3.63, 3.8) is 0 Å². The molecule has 2 unspecified atom stereocenters. The minimum atomic E-state index is -0.666. The Bertz CT molecular complexity index is 747. The van der Waals surface area contributed by atoms with Gasteiger partial charge in [-0.15, -0.1) is 23.1 Å². The van der Waals surface area contributed by atoms with Crippen LogP contribution in [-0.4, -0.2) is 60.0 Å². The zero-order valence-electron chi connectivity index (χ0n) is 15.1. The van der Waals surface area contributed by atoms with Gasteiger partial charge in [0.1, 0.15) is 23.7 Å². The van der Waals surface area contributed by atoms with Crippen LogP contribution in [0.2, 0.25) is 0 Å². The number of β-lactam (4-membered cyclic amide) rings is 1. The van der Waals surface area contributed by atoms with E-state index in [0.29, 0.717) is 17.7 Å². The second-order valence-electron chi connectivity index (χ2n) is 5.62. The van der Waals surface area contributed by atoms with E-state index in [1.807, 2.05) is 0 Å². The Kier molecular flexibility index (Phi) is 7.43. The van der Waals surface area contributed by atoms with Crippen LogP contribution in [0.1, 0.15) is 11.8 Å². The number of thioether (sulfide) groups is 1. The minimum absolute atomic E-state index is 0.0744. The molecule has 10 heteroatoms. The van der Waals surface area contributed by atoms with Gasteiger partial charge in [-0.05, 0) is 18.4 Å². The average Bonchev–Trinajstić information content (AvgIpc) is 3.14. The molecule has 3 heterocycles. The molecule has 1 N–H and O–H groups in total. The van der Waals surface area contributed by atoms with Gasteiger partial charge >= 0.3 is 11.9 Å². The number of esters is 2. The third-order valence-electron chi connectivity index (χ3n) is 3.79. The standard InChI is InChI=1S/C12H14N2O6S.C5H6S/c1-6(16)20-3-7-4-21-11-8(13-5-15)10(17)14(11)9(7)12(18)19-2;1-5-3-2-4-6-5/h5,8,11H,3-4H2,1-2H3,(H,13,15);2-4H,1H3. The zero-order valence-corrected chi connectivity index (χ0v) is 16.7. The van der Waals surface area contributed by atoms with Crippen molar-refractivity contribution < 1.29 is 28.7 Å². The fourth-order valence-electron chi connectivity index (χ4n) is 2.52. The largest absolute Gasteiger partial charge is 0.464 e. The first kappa shape index (κ1) is 21.0. The number of hydrogen-bond acceptors (Lipinski definition) is 8. The van der Waals surface area contributed by atoms with E-state index in [0.717, 1.165) is 0 Å². The number of aryl methyl sites for hydroxylation is 1. The molecule has 27 heavy (non-hydrogen) atoms. The predicted octanol–water partition coefficient (Wildman–Crippen LogP) is 1.06. The minimum Gasteiger partial charge on any atom is -0.464 e. The van der Waals surface area contributed by atoms with E-state index >= 15 is 0 Å². The van der Waals surface area contributed by atoms with Crippen molar-refractivity contribution in [3.8, 4) is 0 Å². The normalized spacial score (nSPS) is 20.6. The molecule has 0 aliphatic carbocycles. The maximum atomic E-state index is 12.0.